The fourth-order valence-corrected chi connectivity index (χ4v) is 2.84. The van der Waals surface area contributed by atoms with Crippen LogP contribution in [0.3, 0.4) is 0 Å². The molecule has 0 spiro atoms. The molecule has 2 aromatic rings. The van der Waals surface area contributed by atoms with Crippen molar-refractivity contribution in [2.24, 2.45) is 0 Å². The smallest absolute Gasteiger partial charge is 0.374 e. The lowest BCUT2D eigenvalue weighted by molar-refractivity contribution is -0.385. The van der Waals surface area contributed by atoms with Gasteiger partial charge in [0.1, 0.15) is 18.2 Å². The van der Waals surface area contributed by atoms with E-state index < -0.39 is 22.3 Å². The van der Waals surface area contributed by atoms with Gasteiger partial charge >= 0.3 is 5.69 Å². The van der Waals surface area contributed by atoms with Gasteiger partial charge in [0.25, 0.3) is 11.8 Å². The predicted molar refractivity (Wildman–Crippen MR) is 93.7 cm³/mol. The third kappa shape index (κ3) is 4.66. The van der Waals surface area contributed by atoms with Crippen LogP contribution in [-0.4, -0.2) is 26.9 Å². The third-order valence-electron chi connectivity index (χ3n) is 4.20. The van der Waals surface area contributed by atoms with Crippen molar-refractivity contribution < 1.29 is 18.8 Å². The summed E-state index contributed by atoms with van der Waals surface area (Å²) in [5, 5.41) is 11.5. The van der Waals surface area contributed by atoms with Gasteiger partial charge in [0.05, 0.1) is 4.92 Å². The van der Waals surface area contributed by atoms with Crippen LogP contribution in [0, 0.1) is 15.9 Å². The van der Waals surface area contributed by atoms with Crippen molar-refractivity contribution >= 4 is 17.4 Å². The number of ether oxygens (including phenoxy) is 1. The topological polar surface area (TPSA) is 119 Å². The monoisotopic (exact) mass is 375 g/mol. The Balaban J connectivity index is 1.74. The van der Waals surface area contributed by atoms with Crippen molar-refractivity contribution in [2.75, 3.05) is 5.43 Å². The summed E-state index contributed by atoms with van der Waals surface area (Å²) in [6.07, 6.45) is 5.74. The Labute approximate surface area is 154 Å². The number of benzene rings is 1. The van der Waals surface area contributed by atoms with E-state index in [4.69, 9.17) is 4.74 Å². The average molecular weight is 375 g/mol. The highest BCUT2D eigenvalue weighted by Gasteiger charge is 2.27. The van der Waals surface area contributed by atoms with Crippen molar-refractivity contribution in [2.45, 2.75) is 38.2 Å². The lowest BCUT2D eigenvalue weighted by Gasteiger charge is -2.22. The van der Waals surface area contributed by atoms with Crippen LogP contribution < -0.4 is 15.6 Å². The maximum Gasteiger partial charge on any atom is 0.374 e. The molecule has 1 fully saturated rings. The molecule has 1 aromatic carbocycles. The van der Waals surface area contributed by atoms with E-state index in [1.54, 1.807) is 0 Å². The highest BCUT2D eigenvalue weighted by Crippen LogP contribution is 2.33. The molecule has 1 aromatic heterocycles. The molecule has 0 saturated heterocycles. The standard InChI is InChI=1S/C17H18FN5O4/c18-12-8-6-11(7-9-12)16(24)22-21-15-14(23(25)26)17(20-10-19-15)27-13-4-2-1-3-5-13/h6-10,13H,1-5H2,(H,22,24)(H,19,20,21). The molecule has 1 saturated carbocycles. The molecular weight excluding hydrogens is 357 g/mol. The minimum Gasteiger partial charge on any atom is -0.469 e. The lowest BCUT2D eigenvalue weighted by atomic mass is 9.98. The summed E-state index contributed by atoms with van der Waals surface area (Å²) < 4.78 is 18.6. The van der Waals surface area contributed by atoms with E-state index in [9.17, 15) is 19.3 Å². The molecule has 0 atom stereocenters. The number of anilines is 1. The summed E-state index contributed by atoms with van der Waals surface area (Å²) in [5.41, 5.74) is 4.44. The van der Waals surface area contributed by atoms with Gasteiger partial charge in [-0.2, -0.15) is 4.98 Å². The van der Waals surface area contributed by atoms with Crippen LogP contribution in [0.1, 0.15) is 42.5 Å². The summed E-state index contributed by atoms with van der Waals surface area (Å²) in [4.78, 5) is 30.6. The van der Waals surface area contributed by atoms with E-state index in [2.05, 4.69) is 20.8 Å². The van der Waals surface area contributed by atoms with Crippen molar-refractivity contribution in [3.05, 3.63) is 52.1 Å². The number of nitro groups is 1. The first kappa shape index (κ1) is 18.5. The van der Waals surface area contributed by atoms with E-state index >= 15 is 0 Å². The van der Waals surface area contributed by atoms with Crippen LogP contribution in [0.4, 0.5) is 15.9 Å². The van der Waals surface area contributed by atoms with Crippen LogP contribution in [-0.2, 0) is 0 Å². The van der Waals surface area contributed by atoms with Crippen LogP contribution >= 0.6 is 0 Å². The number of carbonyl (C=O) groups is 1. The summed E-state index contributed by atoms with van der Waals surface area (Å²) in [7, 11) is 0. The van der Waals surface area contributed by atoms with E-state index in [1.165, 1.54) is 12.1 Å². The Morgan fingerprint density at radius 2 is 1.89 bits per heavy atom. The van der Waals surface area contributed by atoms with E-state index in [0.29, 0.717) is 0 Å². The molecule has 27 heavy (non-hydrogen) atoms. The van der Waals surface area contributed by atoms with Gasteiger partial charge in [-0.25, -0.2) is 9.37 Å². The number of hydrogen-bond acceptors (Lipinski definition) is 7. The molecule has 1 aliphatic carbocycles. The second kappa shape index (κ2) is 8.39. The number of nitrogens with one attached hydrogen (secondary N) is 2. The fraction of sp³-hybridized carbons (Fsp3) is 0.353. The predicted octanol–water partition coefficient (Wildman–Crippen LogP) is 2.99. The van der Waals surface area contributed by atoms with E-state index in [-0.39, 0.29) is 23.4 Å². The van der Waals surface area contributed by atoms with Gasteiger partial charge in [-0.3, -0.25) is 25.8 Å². The molecule has 10 heteroatoms. The van der Waals surface area contributed by atoms with E-state index in [0.717, 1.165) is 50.6 Å². The number of carbonyl (C=O) groups excluding carboxylic acids is 1. The number of hydrogen-bond donors (Lipinski definition) is 2. The van der Waals surface area contributed by atoms with Gasteiger partial charge in [-0.1, -0.05) is 6.42 Å². The summed E-state index contributed by atoms with van der Waals surface area (Å²) in [5.74, 6) is -1.41. The quantitative estimate of drug-likeness (QED) is 0.588. The second-order valence-corrected chi connectivity index (χ2v) is 6.10. The van der Waals surface area contributed by atoms with Crippen LogP contribution in [0.2, 0.25) is 0 Å². The lowest BCUT2D eigenvalue weighted by Crippen LogP contribution is -2.30. The second-order valence-electron chi connectivity index (χ2n) is 6.10. The first-order valence-corrected chi connectivity index (χ1v) is 8.52. The molecule has 0 aliphatic heterocycles. The first-order chi connectivity index (χ1) is 13.0. The molecule has 0 radical (unpaired) electrons. The molecule has 0 bridgehead atoms. The van der Waals surface area contributed by atoms with Crippen LogP contribution in [0.25, 0.3) is 0 Å². The van der Waals surface area contributed by atoms with Gasteiger partial charge in [-0.15, -0.1) is 0 Å². The molecule has 9 nitrogen and oxygen atoms in total. The molecule has 1 amide bonds. The molecule has 142 valence electrons. The van der Waals surface area contributed by atoms with Crippen molar-refractivity contribution in [3.8, 4) is 5.88 Å². The summed E-state index contributed by atoms with van der Waals surface area (Å²) in [6.45, 7) is 0. The van der Waals surface area contributed by atoms with Crippen molar-refractivity contribution in [1.82, 2.24) is 15.4 Å². The summed E-state index contributed by atoms with van der Waals surface area (Å²) >= 11 is 0. The number of rotatable bonds is 6. The van der Waals surface area contributed by atoms with Gasteiger partial charge in [0, 0.05) is 5.56 Å². The van der Waals surface area contributed by atoms with Gasteiger partial charge in [0.15, 0.2) is 0 Å². The first-order valence-electron chi connectivity index (χ1n) is 8.52. The molecular formula is C17H18FN5O4. The SMILES string of the molecule is O=C(NNc1ncnc(OC2CCCCC2)c1[N+](=O)[O-])c1ccc(F)cc1. The minimum atomic E-state index is -0.662. The van der Waals surface area contributed by atoms with Crippen molar-refractivity contribution in [3.63, 3.8) is 0 Å². The Hall–Kier alpha value is -3.30. The van der Waals surface area contributed by atoms with E-state index in [1.807, 2.05) is 0 Å². The molecule has 1 aliphatic rings. The highest BCUT2D eigenvalue weighted by molar-refractivity contribution is 5.94. The normalized spacial score (nSPS) is 14.4. The van der Waals surface area contributed by atoms with Gasteiger partial charge in [0.2, 0.25) is 5.82 Å². The Morgan fingerprint density at radius 3 is 2.56 bits per heavy atom. The van der Waals surface area contributed by atoms with Gasteiger partial charge < -0.3 is 4.74 Å². The Morgan fingerprint density at radius 1 is 1.19 bits per heavy atom. The molecule has 2 N–H and O–H groups in total. The zero-order valence-electron chi connectivity index (χ0n) is 14.4. The van der Waals surface area contributed by atoms with Gasteiger partial charge in [-0.05, 0) is 49.9 Å². The number of amides is 1. The zero-order valence-corrected chi connectivity index (χ0v) is 14.4. The Kier molecular flexibility index (Phi) is 5.74. The van der Waals surface area contributed by atoms with Crippen LogP contribution in [0.15, 0.2) is 30.6 Å². The van der Waals surface area contributed by atoms with Crippen molar-refractivity contribution in [1.29, 1.82) is 0 Å². The Bertz CT molecular complexity index is 825. The number of halogens is 1. The molecule has 3 rings (SSSR count). The maximum absolute atomic E-state index is 12.9. The zero-order chi connectivity index (χ0) is 19.2. The number of aromatic nitrogens is 2. The maximum atomic E-state index is 12.9. The largest absolute Gasteiger partial charge is 0.469 e. The minimum absolute atomic E-state index is 0.131. The van der Waals surface area contributed by atoms with Crippen LogP contribution in [0.5, 0.6) is 5.88 Å². The number of hydrazine groups is 1. The molecule has 1 heterocycles. The summed E-state index contributed by atoms with van der Waals surface area (Å²) in [6, 6.07) is 4.85. The highest BCUT2D eigenvalue weighted by atomic mass is 19.1. The average Bonchev–Trinajstić information content (AvgIpc) is 2.67. The molecule has 0 unspecified atom stereocenters. The third-order valence-corrected chi connectivity index (χ3v) is 4.20. The number of nitrogens with zero attached hydrogens (tertiary/aromatic N) is 3. The fourth-order valence-electron chi connectivity index (χ4n) is 2.84.